The number of pyridine rings is 2. The number of benzene rings is 2. The van der Waals surface area contributed by atoms with E-state index in [0.29, 0.717) is 29.1 Å². The average Bonchev–Trinajstić information content (AvgIpc) is 3.86. The number of hydrogen-bond acceptors (Lipinski definition) is 11. The number of halogens is 6. The summed E-state index contributed by atoms with van der Waals surface area (Å²) >= 11 is 2.85. The fraction of sp³-hybridized carbons (Fsp3) is 0.222. The first-order valence-corrected chi connectivity index (χ1v) is 21.3. The third kappa shape index (κ3) is 11.3. The van der Waals surface area contributed by atoms with Gasteiger partial charge in [-0.15, -0.1) is 22.7 Å². The standard InChI is InChI=1S/C19H18F3N3O2S2.C17H14F3N3O3S2/c1-2-3-4-16-11-14(9-10-23-16)18-24-17(12-28-18)13-5-7-15(8-6-13)25-29(26,27)19(20,21)22;1-26-9-14-8-12(6-7-21-14)16-22-15(10-27-16)11-2-4-13(5-3-11)23-28(24,25)17(18,19)20/h5-12,25H,2-4H2,1H3;2-8,10,23H,9H2,1H3. The molecule has 21 heteroatoms. The molecule has 0 radical (unpaired) electrons. The van der Waals surface area contributed by atoms with E-state index in [1.54, 1.807) is 24.9 Å². The Balaban J connectivity index is 0.000000218. The number of hydrogen-bond donors (Lipinski definition) is 2. The van der Waals surface area contributed by atoms with E-state index < -0.39 is 31.1 Å². The van der Waals surface area contributed by atoms with Gasteiger partial charge in [-0.1, -0.05) is 37.6 Å². The van der Waals surface area contributed by atoms with Gasteiger partial charge in [0.25, 0.3) is 0 Å². The van der Waals surface area contributed by atoms with Crippen LogP contribution in [0.4, 0.5) is 37.7 Å². The summed E-state index contributed by atoms with van der Waals surface area (Å²) in [5.41, 5.74) is -4.92. The lowest BCUT2D eigenvalue weighted by Gasteiger charge is -2.10. The molecule has 0 spiro atoms. The van der Waals surface area contributed by atoms with Crippen molar-refractivity contribution >= 4 is 54.1 Å². The number of aromatic nitrogens is 4. The number of nitrogens with one attached hydrogen (secondary N) is 2. The van der Waals surface area contributed by atoms with Gasteiger partial charge in [0.05, 0.1) is 23.7 Å². The van der Waals surface area contributed by atoms with Crippen molar-refractivity contribution in [3.8, 4) is 43.7 Å². The second kappa shape index (κ2) is 18.1. The highest BCUT2D eigenvalue weighted by Crippen LogP contribution is 2.33. The number of alkyl halides is 6. The third-order valence-electron chi connectivity index (χ3n) is 7.69. The number of nitrogens with zero attached hydrogens (tertiary/aromatic N) is 4. The van der Waals surface area contributed by atoms with Crippen LogP contribution in [-0.4, -0.2) is 54.9 Å². The minimum absolute atomic E-state index is 0.170. The Labute approximate surface area is 332 Å². The van der Waals surface area contributed by atoms with Crippen LogP contribution in [0.3, 0.4) is 0 Å². The summed E-state index contributed by atoms with van der Waals surface area (Å²) in [6.07, 6.45) is 6.46. The molecule has 0 aliphatic carbocycles. The van der Waals surface area contributed by atoms with Crippen molar-refractivity contribution in [3.63, 3.8) is 0 Å². The minimum atomic E-state index is -5.45. The van der Waals surface area contributed by atoms with Crippen molar-refractivity contribution in [1.29, 1.82) is 0 Å². The summed E-state index contributed by atoms with van der Waals surface area (Å²) in [6, 6.07) is 18.6. The number of aryl methyl sites for hydroxylation is 1. The zero-order valence-electron chi connectivity index (χ0n) is 29.8. The molecule has 0 atom stereocenters. The number of rotatable bonds is 13. The lowest BCUT2D eigenvalue weighted by atomic mass is 10.1. The lowest BCUT2D eigenvalue weighted by Crippen LogP contribution is -2.29. The van der Waals surface area contributed by atoms with Crippen LogP contribution in [0, 0.1) is 0 Å². The normalized spacial score (nSPS) is 12.1. The van der Waals surface area contributed by atoms with Gasteiger partial charge in [-0.05, 0) is 61.4 Å². The summed E-state index contributed by atoms with van der Waals surface area (Å²) in [5, 5.41) is 5.20. The van der Waals surface area contributed by atoms with Crippen molar-refractivity contribution in [2.75, 3.05) is 16.6 Å². The fourth-order valence-electron chi connectivity index (χ4n) is 4.87. The van der Waals surface area contributed by atoms with Gasteiger partial charge in [0.15, 0.2) is 0 Å². The maximum Gasteiger partial charge on any atom is 0.516 e. The molecule has 0 aliphatic rings. The molecule has 11 nitrogen and oxygen atoms in total. The highest BCUT2D eigenvalue weighted by molar-refractivity contribution is 7.93. The second-order valence-electron chi connectivity index (χ2n) is 11.9. The predicted molar refractivity (Wildman–Crippen MR) is 208 cm³/mol. The minimum Gasteiger partial charge on any atom is -0.378 e. The highest BCUT2D eigenvalue weighted by Gasteiger charge is 2.46. The summed E-state index contributed by atoms with van der Waals surface area (Å²) < 4.78 is 127. The maximum absolute atomic E-state index is 12.5. The van der Waals surface area contributed by atoms with Gasteiger partial charge in [-0.25, -0.2) is 9.97 Å². The number of thiazole rings is 2. The summed E-state index contributed by atoms with van der Waals surface area (Å²) in [7, 11) is -9.31. The zero-order chi connectivity index (χ0) is 41.4. The Bertz CT molecular complexity index is 2490. The molecule has 6 rings (SSSR count). The van der Waals surface area contributed by atoms with Gasteiger partial charge in [0.1, 0.15) is 10.0 Å². The predicted octanol–water partition coefficient (Wildman–Crippen LogP) is 9.76. The number of sulfonamides is 2. The van der Waals surface area contributed by atoms with Crippen molar-refractivity contribution in [2.45, 2.75) is 43.8 Å². The highest BCUT2D eigenvalue weighted by atomic mass is 32.2. The molecular formula is C36H32F6N6O5S4. The number of methoxy groups -OCH3 is 1. The average molecular weight is 871 g/mol. The van der Waals surface area contributed by atoms with Crippen LogP contribution >= 0.6 is 22.7 Å². The van der Waals surface area contributed by atoms with Gasteiger partial charge in [0, 0.05) is 69.6 Å². The van der Waals surface area contributed by atoms with Crippen LogP contribution in [0.15, 0.2) is 96.0 Å². The molecule has 0 bridgehead atoms. The Kier molecular flexibility index (Phi) is 13.7. The number of anilines is 2. The Hall–Kier alpha value is -4.96. The molecular weight excluding hydrogens is 839 g/mol. The van der Waals surface area contributed by atoms with Crippen LogP contribution in [-0.2, 0) is 37.8 Å². The van der Waals surface area contributed by atoms with E-state index in [1.807, 2.05) is 29.6 Å². The first-order chi connectivity index (χ1) is 26.9. The largest absolute Gasteiger partial charge is 0.516 e. The Morgan fingerprint density at radius 3 is 1.46 bits per heavy atom. The molecule has 0 amide bonds. The van der Waals surface area contributed by atoms with Crippen molar-refractivity contribution < 1.29 is 47.9 Å². The molecule has 0 aliphatic heterocycles. The van der Waals surface area contributed by atoms with Gasteiger partial charge in [-0.2, -0.15) is 43.2 Å². The zero-order valence-corrected chi connectivity index (χ0v) is 33.1. The van der Waals surface area contributed by atoms with Gasteiger partial charge in [-0.3, -0.25) is 19.4 Å². The molecule has 6 aromatic rings. The van der Waals surface area contributed by atoms with Crippen LogP contribution < -0.4 is 9.44 Å². The van der Waals surface area contributed by atoms with Crippen molar-refractivity contribution in [1.82, 2.24) is 19.9 Å². The van der Waals surface area contributed by atoms with Crippen LogP contribution in [0.1, 0.15) is 31.2 Å². The molecule has 2 aromatic carbocycles. The van der Waals surface area contributed by atoms with E-state index in [4.69, 9.17) is 4.74 Å². The van der Waals surface area contributed by atoms with Crippen LogP contribution in [0.25, 0.3) is 43.7 Å². The van der Waals surface area contributed by atoms with Gasteiger partial charge >= 0.3 is 31.1 Å². The summed E-state index contributed by atoms with van der Waals surface area (Å²) in [5.74, 6) is 0. The SMILES string of the molecule is CCCCc1cc(-c2nc(-c3ccc(NS(=O)(=O)C(F)(F)F)cc3)cs2)ccn1.COCc1cc(-c2nc(-c3ccc(NS(=O)(=O)C(F)(F)F)cc3)cs2)ccn1. The Morgan fingerprint density at radius 1 is 0.632 bits per heavy atom. The molecule has 2 N–H and O–H groups in total. The Morgan fingerprint density at radius 2 is 1.05 bits per heavy atom. The first-order valence-electron chi connectivity index (χ1n) is 16.6. The molecule has 0 unspecified atom stereocenters. The molecule has 302 valence electrons. The second-order valence-corrected chi connectivity index (χ2v) is 17.0. The van der Waals surface area contributed by atoms with Crippen molar-refractivity contribution in [2.24, 2.45) is 0 Å². The molecule has 0 saturated carbocycles. The van der Waals surface area contributed by atoms with E-state index in [9.17, 15) is 43.2 Å². The monoisotopic (exact) mass is 870 g/mol. The van der Waals surface area contributed by atoms with E-state index in [-0.39, 0.29) is 11.4 Å². The molecule has 0 saturated heterocycles. The maximum atomic E-state index is 12.5. The van der Waals surface area contributed by atoms with Crippen molar-refractivity contribution in [3.05, 3.63) is 107 Å². The summed E-state index contributed by atoms with van der Waals surface area (Å²) in [6.45, 7) is 2.50. The van der Waals surface area contributed by atoms with E-state index in [0.717, 1.165) is 51.8 Å². The molecule has 4 aromatic heterocycles. The van der Waals surface area contributed by atoms with E-state index in [2.05, 4.69) is 26.9 Å². The van der Waals surface area contributed by atoms with E-state index in [1.165, 1.54) is 80.6 Å². The quantitative estimate of drug-likeness (QED) is 0.108. The van der Waals surface area contributed by atoms with Crippen LogP contribution in [0.2, 0.25) is 0 Å². The lowest BCUT2D eigenvalue weighted by molar-refractivity contribution is -0.0435. The number of unbranched alkanes of at least 4 members (excludes halogenated alkanes) is 1. The molecule has 57 heavy (non-hydrogen) atoms. The smallest absolute Gasteiger partial charge is 0.378 e. The third-order valence-corrected chi connectivity index (χ3v) is 11.7. The fourth-order valence-corrected chi connectivity index (χ4v) is 7.64. The summed E-state index contributed by atoms with van der Waals surface area (Å²) in [4.78, 5) is 17.7. The molecule has 4 heterocycles. The first kappa shape index (κ1) is 43.2. The van der Waals surface area contributed by atoms with Crippen LogP contribution in [0.5, 0.6) is 0 Å². The molecule has 0 fully saturated rings. The topological polar surface area (TPSA) is 153 Å². The van der Waals surface area contributed by atoms with Gasteiger partial charge in [0.2, 0.25) is 0 Å². The number of ether oxygens (including phenoxy) is 1. The van der Waals surface area contributed by atoms with Gasteiger partial charge < -0.3 is 4.74 Å². The van der Waals surface area contributed by atoms with E-state index >= 15 is 0 Å².